The van der Waals surface area contributed by atoms with Crippen LogP contribution in [0.2, 0.25) is 0 Å². The smallest absolute Gasteiger partial charge is 0.320 e. The van der Waals surface area contributed by atoms with Crippen LogP contribution < -0.4 is 5.32 Å². The number of rotatable bonds is 8. The van der Waals surface area contributed by atoms with E-state index in [1.165, 1.54) is 0 Å². The van der Waals surface area contributed by atoms with Gasteiger partial charge >= 0.3 is 5.97 Å². The number of carbonyl (C=O) groups is 1. The van der Waals surface area contributed by atoms with E-state index in [4.69, 9.17) is 5.11 Å². The molecule has 112 valence electrons. The molecule has 0 bridgehead atoms. The molecule has 0 heterocycles. The molecule has 0 aliphatic rings. The normalized spacial score (nSPS) is 14.0. The van der Waals surface area contributed by atoms with Crippen LogP contribution in [0.5, 0.6) is 0 Å². The molecule has 0 spiro atoms. The molecule has 0 aromatic heterocycles. The fraction of sp³-hybridized carbons (Fsp3) is 0.500. The van der Waals surface area contributed by atoms with E-state index >= 15 is 0 Å². The van der Waals surface area contributed by atoms with Crippen LogP contribution in [0.3, 0.4) is 0 Å². The maximum absolute atomic E-state index is 13.4. The number of aliphatic hydroxyl groups is 1. The van der Waals surface area contributed by atoms with Crippen LogP contribution in [0.15, 0.2) is 18.2 Å². The van der Waals surface area contributed by atoms with Gasteiger partial charge < -0.3 is 15.5 Å². The standard InChI is InChI=1S/C14H19F2NO3/c1-2-3-4-12(14(19)20)17-8-13(18)10-7-9(15)5-6-11(10)16/h5-7,12-13,17-18H,2-4,8H2,1H3,(H,19,20). The molecule has 20 heavy (non-hydrogen) atoms. The van der Waals surface area contributed by atoms with E-state index in [1.807, 2.05) is 6.92 Å². The predicted molar refractivity (Wildman–Crippen MR) is 70.3 cm³/mol. The van der Waals surface area contributed by atoms with Gasteiger partial charge in [-0.05, 0) is 24.6 Å². The number of hydrogen-bond donors (Lipinski definition) is 3. The summed E-state index contributed by atoms with van der Waals surface area (Å²) in [5.74, 6) is -2.40. The highest BCUT2D eigenvalue weighted by atomic mass is 19.1. The number of aliphatic carboxylic acids is 1. The van der Waals surface area contributed by atoms with Gasteiger partial charge in [0.2, 0.25) is 0 Å². The van der Waals surface area contributed by atoms with Crippen LogP contribution in [-0.4, -0.2) is 28.8 Å². The van der Waals surface area contributed by atoms with Crippen molar-refractivity contribution in [1.29, 1.82) is 0 Å². The molecule has 0 aliphatic heterocycles. The third-order valence-electron chi connectivity index (χ3n) is 3.02. The zero-order valence-corrected chi connectivity index (χ0v) is 11.3. The Labute approximate surface area is 116 Å². The van der Waals surface area contributed by atoms with Crippen molar-refractivity contribution in [3.8, 4) is 0 Å². The minimum Gasteiger partial charge on any atom is -0.480 e. The fourth-order valence-electron chi connectivity index (χ4n) is 1.85. The second-order valence-electron chi connectivity index (χ2n) is 4.62. The lowest BCUT2D eigenvalue weighted by atomic mass is 10.1. The van der Waals surface area contributed by atoms with Gasteiger partial charge in [0.1, 0.15) is 17.7 Å². The quantitative estimate of drug-likeness (QED) is 0.686. The fourth-order valence-corrected chi connectivity index (χ4v) is 1.85. The predicted octanol–water partition coefficient (Wildman–Crippen LogP) is 2.23. The Morgan fingerprint density at radius 2 is 2.10 bits per heavy atom. The lowest BCUT2D eigenvalue weighted by Crippen LogP contribution is -2.39. The van der Waals surface area contributed by atoms with Gasteiger partial charge in [-0.15, -0.1) is 0 Å². The Morgan fingerprint density at radius 1 is 1.40 bits per heavy atom. The summed E-state index contributed by atoms with van der Waals surface area (Å²) < 4.78 is 26.4. The Balaban J connectivity index is 2.62. The van der Waals surface area contributed by atoms with Crippen LogP contribution >= 0.6 is 0 Å². The first-order chi connectivity index (χ1) is 9.45. The molecular weight excluding hydrogens is 268 g/mol. The Morgan fingerprint density at radius 3 is 2.70 bits per heavy atom. The topological polar surface area (TPSA) is 69.6 Å². The Bertz CT molecular complexity index is 454. The summed E-state index contributed by atoms with van der Waals surface area (Å²) in [5.41, 5.74) is -0.183. The van der Waals surface area contributed by atoms with Gasteiger partial charge in [-0.3, -0.25) is 4.79 Å². The zero-order chi connectivity index (χ0) is 15.1. The van der Waals surface area contributed by atoms with Crippen LogP contribution in [-0.2, 0) is 4.79 Å². The average Bonchev–Trinajstić information content (AvgIpc) is 2.40. The largest absolute Gasteiger partial charge is 0.480 e. The molecule has 0 aliphatic carbocycles. The molecule has 0 saturated carbocycles. The molecule has 2 unspecified atom stereocenters. The lowest BCUT2D eigenvalue weighted by Gasteiger charge is -2.18. The summed E-state index contributed by atoms with van der Waals surface area (Å²) in [5, 5.41) is 21.5. The summed E-state index contributed by atoms with van der Waals surface area (Å²) >= 11 is 0. The molecule has 0 saturated heterocycles. The van der Waals surface area contributed by atoms with Crippen molar-refractivity contribution in [3.63, 3.8) is 0 Å². The maximum Gasteiger partial charge on any atom is 0.320 e. The van der Waals surface area contributed by atoms with Gasteiger partial charge in [0.25, 0.3) is 0 Å². The molecule has 1 rings (SSSR count). The molecule has 3 N–H and O–H groups in total. The van der Waals surface area contributed by atoms with E-state index in [2.05, 4.69) is 5.32 Å². The van der Waals surface area contributed by atoms with Gasteiger partial charge in [0.05, 0.1) is 6.10 Å². The van der Waals surface area contributed by atoms with Crippen LogP contribution in [0.25, 0.3) is 0 Å². The number of carboxylic acids is 1. The Kier molecular flexibility index (Phi) is 6.54. The van der Waals surface area contributed by atoms with Crippen molar-refractivity contribution in [2.45, 2.75) is 38.3 Å². The van der Waals surface area contributed by atoms with Crippen molar-refractivity contribution in [2.75, 3.05) is 6.54 Å². The van der Waals surface area contributed by atoms with E-state index in [9.17, 15) is 18.7 Å². The number of nitrogens with one attached hydrogen (secondary N) is 1. The molecule has 0 amide bonds. The molecule has 4 nitrogen and oxygen atoms in total. The minimum absolute atomic E-state index is 0.152. The maximum atomic E-state index is 13.4. The first-order valence-corrected chi connectivity index (χ1v) is 6.55. The average molecular weight is 287 g/mol. The van der Waals surface area contributed by atoms with Crippen molar-refractivity contribution in [1.82, 2.24) is 5.32 Å². The van der Waals surface area contributed by atoms with Gasteiger partial charge in [0.15, 0.2) is 0 Å². The molecule has 6 heteroatoms. The molecule has 1 aromatic rings. The number of unbranched alkanes of at least 4 members (excludes halogenated alkanes) is 1. The highest BCUT2D eigenvalue weighted by molar-refractivity contribution is 5.73. The van der Waals surface area contributed by atoms with Gasteiger partial charge in [0, 0.05) is 12.1 Å². The minimum atomic E-state index is -1.30. The SMILES string of the molecule is CCCCC(NCC(O)c1cc(F)ccc1F)C(=O)O. The first-order valence-electron chi connectivity index (χ1n) is 6.55. The van der Waals surface area contributed by atoms with Gasteiger partial charge in [-0.2, -0.15) is 0 Å². The van der Waals surface area contributed by atoms with Gasteiger partial charge in [-0.1, -0.05) is 19.8 Å². The van der Waals surface area contributed by atoms with Crippen molar-refractivity contribution in [3.05, 3.63) is 35.4 Å². The number of aliphatic hydroxyl groups excluding tert-OH is 1. The number of halogens is 2. The number of hydrogen-bond acceptors (Lipinski definition) is 3. The summed E-state index contributed by atoms with van der Waals surface area (Å²) in [4.78, 5) is 11.0. The monoisotopic (exact) mass is 287 g/mol. The summed E-state index contributed by atoms with van der Waals surface area (Å²) in [7, 11) is 0. The molecule has 0 radical (unpaired) electrons. The van der Waals surface area contributed by atoms with Crippen molar-refractivity contribution >= 4 is 5.97 Å². The Hall–Kier alpha value is -1.53. The zero-order valence-electron chi connectivity index (χ0n) is 11.3. The highest BCUT2D eigenvalue weighted by Crippen LogP contribution is 2.18. The summed E-state index contributed by atoms with van der Waals surface area (Å²) in [6, 6.07) is 1.99. The first kappa shape index (κ1) is 16.5. The number of benzene rings is 1. The molecular formula is C14H19F2NO3. The van der Waals surface area contributed by atoms with E-state index in [1.54, 1.807) is 0 Å². The van der Waals surface area contributed by atoms with E-state index in [0.29, 0.717) is 6.42 Å². The van der Waals surface area contributed by atoms with Crippen LogP contribution in [0.1, 0.15) is 37.9 Å². The third kappa shape index (κ3) is 4.86. The second-order valence-corrected chi connectivity index (χ2v) is 4.62. The van der Waals surface area contributed by atoms with Crippen molar-refractivity contribution < 1.29 is 23.8 Å². The summed E-state index contributed by atoms with van der Waals surface area (Å²) in [6.07, 6.45) is 0.708. The molecule has 0 fully saturated rings. The van der Waals surface area contributed by atoms with Gasteiger partial charge in [-0.25, -0.2) is 8.78 Å². The van der Waals surface area contributed by atoms with E-state index in [0.717, 1.165) is 31.0 Å². The summed E-state index contributed by atoms with van der Waals surface area (Å²) in [6.45, 7) is 1.79. The highest BCUT2D eigenvalue weighted by Gasteiger charge is 2.19. The number of carboxylic acid groups (broad SMARTS) is 1. The molecule has 2 atom stereocenters. The van der Waals surface area contributed by atoms with Crippen LogP contribution in [0.4, 0.5) is 8.78 Å². The van der Waals surface area contributed by atoms with Crippen LogP contribution in [0, 0.1) is 11.6 Å². The third-order valence-corrected chi connectivity index (χ3v) is 3.02. The van der Waals surface area contributed by atoms with E-state index < -0.39 is 29.7 Å². The molecule has 1 aromatic carbocycles. The van der Waals surface area contributed by atoms with Crippen molar-refractivity contribution in [2.24, 2.45) is 0 Å². The van der Waals surface area contributed by atoms with E-state index in [-0.39, 0.29) is 12.1 Å². The lowest BCUT2D eigenvalue weighted by molar-refractivity contribution is -0.139. The second kappa shape index (κ2) is 7.91.